The van der Waals surface area contributed by atoms with Crippen molar-refractivity contribution < 1.29 is 14.6 Å². The van der Waals surface area contributed by atoms with Crippen LogP contribution >= 0.6 is 31.9 Å². The van der Waals surface area contributed by atoms with Crippen molar-refractivity contribution in [3.05, 3.63) is 57.5 Å². The lowest BCUT2D eigenvalue weighted by Gasteiger charge is -2.22. The summed E-state index contributed by atoms with van der Waals surface area (Å²) >= 11 is 6.76. The molecule has 0 spiro atoms. The van der Waals surface area contributed by atoms with E-state index in [0.29, 0.717) is 13.0 Å². The molecule has 0 aromatic heterocycles. The zero-order valence-electron chi connectivity index (χ0n) is 15.7. The molecule has 3 nitrogen and oxygen atoms in total. The van der Waals surface area contributed by atoms with Gasteiger partial charge in [0.05, 0.1) is 13.2 Å². The number of ether oxygens (including phenoxy) is 2. The van der Waals surface area contributed by atoms with Crippen molar-refractivity contribution in [3.63, 3.8) is 0 Å². The van der Waals surface area contributed by atoms with E-state index in [4.69, 9.17) is 14.6 Å². The first kappa shape index (κ1) is 23.0. The fourth-order valence-electron chi connectivity index (χ4n) is 1.75. The summed E-state index contributed by atoms with van der Waals surface area (Å²) in [5.74, 6) is 1.76. The molecule has 0 aliphatic heterocycles. The maximum absolute atomic E-state index is 8.51. The summed E-state index contributed by atoms with van der Waals surface area (Å²) < 4.78 is 13.1. The van der Waals surface area contributed by atoms with Gasteiger partial charge in [-0.2, -0.15) is 0 Å². The van der Waals surface area contributed by atoms with Crippen LogP contribution in [0.2, 0.25) is 0 Å². The van der Waals surface area contributed by atoms with Gasteiger partial charge < -0.3 is 14.6 Å². The highest BCUT2D eigenvalue weighted by Gasteiger charge is 2.15. The Morgan fingerprint density at radius 2 is 1.46 bits per heavy atom. The summed E-state index contributed by atoms with van der Waals surface area (Å²) in [6, 6.07) is 15.6. The lowest BCUT2D eigenvalue weighted by molar-refractivity contribution is 0.175. The minimum absolute atomic E-state index is 0.175. The van der Waals surface area contributed by atoms with Gasteiger partial charge in [-0.3, -0.25) is 0 Å². The Morgan fingerprint density at radius 3 is 1.92 bits per heavy atom. The van der Waals surface area contributed by atoms with Gasteiger partial charge >= 0.3 is 0 Å². The van der Waals surface area contributed by atoms with Crippen LogP contribution in [0.4, 0.5) is 0 Å². The van der Waals surface area contributed by atoms with Crippen LogP contribution in [0.5, 0.6) is 11.5 Å². The molecule has 0 saturated heterocycles. The minimum atomic E-state index is 0.175. The third kappa shape index (κ3) is 10.2. The molecule has 26 heavy (non-hydrogen) atoms. The Hall–Kier alpha value is -1.04. The SMILES string of the molecule is CCC(C)(C)COc1cccc(Br)c1.OCCCOc1cccc(Br)c1. The number of aliphatic hydroxyl groups is 1. The Labute approximate surface area is 174 Å². The van der Waals surface area contributed by atoms with E-state index in [-0.39, 0.29) is 12.0 Å². The van der Waals surface area contributed by atoms with E-state index in [9.17, 15) is 0 Å². The van der Waals surface area contributed by atoms with E-state index in [2.05, 4.69) is 52.6 Å². The predicted octanol–water partition coefficient (Wildman–Crippen LogP) is 6.47. The average molecular weight is 488 g/mol. The number of hydrogen-bond acceptors (Lipinski definition) is 3. The highest BCUT2D eigenvalue weighted by atomic mass is 79.9. The monoisotopic (exact) mass is 486 g/mol. The molecule has 5 heteroatoms. The third-order valence-electron chi connectivity index (χ3n) is 3.75. The van der Waals surface area contributed by atoms with Gasteiger partial charge in [0.25, 0.3) is 0 Å². The lowest BCUT2D eigenvalue weighted by atomic mass is 9.92. The number of rotatable bonds is 8. The normalized spacial score (nSPS) is 10.7. The smallest absolute Gasteiger partial charge is 0.120 e. The van der Waals surface area contributed by atoms with E-state index in [1.165, 1.54) is 0 Å². The maximum atomic E-state index is 8.51. The largest absolute Gasteiger partial charge is 0.493 e. The van der Waals surface area contributed by atoms with Crippen LogP contribution in [0, 0.1) is 5.41 Å². The quantitative estimate of drug-likeness (QED) is 0.433. The van der Waals surface area contributed by atoms with Crippen LogP contribution in [0.3, 0.4) is 0 Å². The Bertz CT molecular complexity index is 645. The van der Waals surface area contributed by atoms with Crippen molar-refractivity contribution >= 4 is 31.9 Å². The number of hydrogen-bond donors (Lipinski definition) is 1. The molecule has 0 fully saturated rings. The van der Waals surface area contributed by atoms with Crippen LogP contribution in [0.15, 0.2) is 57.5 Å². The molecule has 1 N–H and O–H groups in total. The number of aliphatic hydroxyl groups excluding tert-OH is 1. The van der Waals surface area contributed by atoms with E-state index in [1.54, 1.807) is 0 Å². The van der Waals surface area contributed by atoms with Crippen molar-refractivity contribution in [3.8, 4) is 11.5 Å². The van der Waals surface area contributed by atoms with Gasteiger partial charge in [0.2, 0.25) is 0 Å². The molecule has 0 heterocycles. The second kappa shape index (κ2) is 12.4. The molecule has 0 atom stereocenters. The Balaban J connectivity index is 0.000000263. The molecular weight excluding hydrogens is 460 g/mol. The van der Waals surface area contributed by atoms with Crippen molar-refractivity contribution in [2.24, 2.45) is 5.41 Å². The van der Waals surface area contributed by atoms with E-state index < -0.39 is 0 Å². The van der Waals surface area contributed by atoms with Crippen molar-refractivity contribution in [1.82, 2.24) is 0 Å². The summed E-state index contributed by atoms with van der Waals surface area (Å²) in [6.45, 7) is 8.11. The first-order valence-corrected chi connectivity index (χ1v) is 10.3. The summed E-state index contributed by atoms with van der Waals surface area (Å²) in [5.41, 5.74) is 0.252. The van der Waals surface area contributed by atoms with Crippen LogP contribution in [-0.4, -0.2) is 24.9 Å². The van der Waals surface area contributed by atoms with Gasteiger partial charge in [0, 0.05) is 22.0 Å². The van der Waals surface area contributed by atoms with Crippen LogP contribution in [-0.2, 0) is 0 Å². The van der Waals surface area contributed by atoms with Gasteiger partial charge in [-0.25, -0.2) is 0 Å². The first-order valence-electron chi connectivity index (χ1n) is 8.74. The molecule has 0 unspecified atom stereocenters. The molecule has 0 aliphatic rings. The highest BCUT2D eigenvalue weighted by Crippen LogP contribution is 2.23. The lowest BCUT2D eigenvalue weighted by Crippen LogP contribution is -2.20. The van der Waals surface area contributed by atoms with Crippen molar-refractivity contribution in [2.45, 2.75) is 33.6 Å². The molecular formula is C21H28Br2O3. The second-order valence-corrected chi connectivity index (χ2v) is 8.48. The topological polar surface area (TPSA) is 38.7 Å². The maximum Gasteiger partial charge on any atom is 0.120 e. The summed E-state index contributed by atoms with van der Waals surface area (Å²) in [7, 11) is 0. The predicted molar refractivity (Wildman–Crippen MR) is 115 cm³/mol. The fraction of sp³-hybridized carbons (Fsp3) is 0.429. The van der Waals surface area contributed by atoms with Crippen LogP contribution < -0.4 is 9.47 Å². The molecule has 0 aliphatic carbocycles. The van der Waals surface area contributed by atoms with Gasteiger partial charge in [-0.1, -0.05) is 64.8 Å². The number of benzene rings is 2. The van der Waals surface area contributed by atoms with Gasteiger partial charge in [0.1, 0.15) is 11.5 Å². The van der Waals surface area contributed by atoms with Crippen molar-refractivity contribution in [1.29, 1.82) is 0 Å². The molecule has 0 amide bonds. The van der Waals surface area contributed by atoms with Gasteiger partial charge in [-0.05, 0) is 48.2 Å². The van der Waals surface area contributed by atoms with Crippen LogP contribution in [0.25, 0.3) is 0 Å². The van der Waals surface area contributed by atoms with Gasteiger partial charge in [-0.15, -0.1) is 0 Å². The zero-order chi connectivity index (χ0) is 19.4. The molecule has 2 aromatic carbocycles. The Kier molecular flexibility index (Phi) is 10.9. The second-order valence-electron chi connectivity index (χ2n) is 6.65. The molecule has 2 aromatic rings. The molecule has 2 rings (SSSR count). The molecule has 0 radical (unpaired) electrons. The van der Waals surface area contributed by atoms with Gasteiger partial charge in [0.15, 0.2) is 0 Å². The molecule has 144 valence electrons. The Morgan fingerprint density at radius 1 is 0.923 bits per heavy atom. The highest BCUT2D eigenvalue weighted by molar-refractivity contribution is 9.10. The summed E-state index contributed by atoms with van der Waals surface area (Å²) in [5, 5.41) is 8.51. The summed E-state index contributed by atoms with van der Waals surface area (Å²) in [6.07, 6.45) is 1.80. The first-order chi connectivity index (χ1) is 12.4. The molecule has 0 saturated carbocycles. The van der Waals surface area contributed by atoms with Crippen LogP contribution in [0.1, 0.15) is 33.6 Å². The van der Waals surface area contributed by atoms with E-state index >= 15 is 0 Å². The third-order valence-corrected chi connectivity index (χ3v) is 4.74. The van der Waals surface area contributed by atoms with E-state index in [1.807, 2.05) is 48.5 Å². The van der Waals surface area contributed by atoms with E-state index in [0.717, 1.165) is 33.5 Å². The number of halogens is 2. The average Bonchev–Trinajstić information content (AvgIpc) is 2.61. The summed E-state index contributed by atoms with van der Waals surface area (Å²) in [4.78, 5) is 0. The fourth-order valence-corrected chi connectivity index (χ4v) is 2.51. The minimum Gasteiger partial charge on any atom is -0.493 e. The standard InChI is InChI=1S/C12H17BrO.C9H11BrO2/c1-4-12(2,3)9-14-11-7-5-6-10(13)8-11;10-8-3-1-4-9(7-8)12-6-2-5-11/h5-8H,4,9H2,1-3H3;1,3-4,7,11H,2,5-6H2. The molecule has 0 bridgehead atoms. The zero-order valence-corrected chi connectivity index (χ0v) is 18.8. The van der Waals surface area contributed by atoms with Crippen molar-refractivity contribution in [2.75, 3.05) is 19.8 Å².